The molecule has 19 heavy (non-hydrogen) atoms. The Labute approximate surface area is 122 Å². The molecular formula is C15H14ClNOS. The number of hydrogen-bond donors (Lipinski definition) is 0. The van der Waals surface area contributed by atoms with Gasteiger partial charge in [0.25, 0.3) is 5.91 Å². The molecule has 0 saturated carbocycles. The van der Waals surface area contributed by atoms with Crippen molar-refractivity contribution in [2.45, 2.75) is 9.79 Å². The van der Waals surface area contributed by atoms with Gasteiger partial charge < -0.3 is 4.90 Å². The van der Waals surface area contributed by atoms with Crippen LogP contribution in [0.5, 0.6) is 0 Å². The number of halogens is 1. The molecule has 0 aliphatic heterocycles. The minimum absolute atomic E-state index is 0.00149. The lowest BCUT2D eigenvalue weighted by Crippen LogP contribution is -2.21. The molecule has 98 valence electrons. The summed E-state index contributed by atoms with van der Waals surface area (Å²) in [6.45, 7) is 0. The maximum Gasteiger partial charge on any atom is 0.253 e. The molecule has 4 heteroatoms. The molecule has 0 saturated heterocycles. The highest BCUT2D eigenvalue weighted by Crippen LogP contribution is 2.33. The summed E-state index contributed by atoms with van der Waals surface area (Å²) in [7, 11) is 3.49. The van der Waals surface area contributed by atoms with Gasteiger partial charge in [-0.15, -0.1) is 0 Å². The van der Waals surface area contributed by atoms with E-state index in [1.807, 2.05) is 48.5 Å². The van der Waals surface area contributed by atoms with Crippen molar-refractivity contribution in [2.24, 2.45) is 0 Å². The van der Waals surface area contributed by atoms with E-state index in [0.29, 0.717) is 5.56 Å². The lowest BCUT2D eigenvalue weighted by molar-refractivity contribution is 0.0827. The van der Waals surface area contributed by atoms with Crippen LogP contribution in [0.2, 0.25) is 5.02 Å². The number of hydrogen-bond acceptors (Lipinski definition) is 2. The van der Waals surface area contributed by atoms with Crippen molar-refractivity contribution in [3.63, 3.8) is 0 Å². The Bertz CT molecular complexity index is 598. The van der Waals surface area contributed by atoms with Crippen LogP contribution in [0.3, 0.4) is 0 Å². The van der Waals surface area contributed by atoms with Gasteiger partial charge >= 0.3 is 0 Å². The van der Waals surface area contributed by atoms with Crippen LogP contribution >= 0.6 is 23.4 Å². The fourth-order valence-corrected chi connectivity index (χ4v) is 2.76. The Kier molecular flexibility index (Phi) is 4.51. The minimum Gasteiger partial charge on any atom is -0.345 e. The van der Waals surface area contributed by atoms with E-state index in [4.69, 9.17) is 11.6 Å². The molecular weight excluding hydrogens is 278 g/mol. The molecule has 0 unspecified atom stereocenters. The van der Waals surface area contributed by atoms with Crippen LogP contribution in [0.25, 0.3) is 0 Å². The second-order valence-corrected chi connectivity index (χ2v) is 5.78. The van der Waals surface area contributed by atoms with Crippen molar-refractivity contribution >= 4 is 29.3 Å². The third kappa shape index (κ3) is 3.52. The Balaban J connectivity index is 2.25. The third-order valence-corrected chi connectivity index (χ3v) is 4.06. The Morgan fingerprint density at radius 1 is 1.11 bits per heavy atom. The molecule has 1 amide bonds. The number of nitrogens with zero attached hydrogens (tertiary/aromatic N) is 1. The van der Waals surface area contributed by atoms with E-state index in [1.165, 1.54) is 0 Å². The average molecular weight is 292 g/mol. The van der Waals surface area contributed by atoms with E-state index >= 15 is 0 Å². The van der Waals surface area contributed by atoms with Gasteiger partial charge in [0.05, 0.1) is 5.02 Å². The Morgan fingerprint density at radius 2 is 1.84 bits per heavy atom. The van der Waals surface area contributed by atoms with Crippen LogP contribution in [-0.2, 0) is 0 Å². The fourth-order valence-electron chi connectivity index (χ4n) is 1.61. The maximum absolute atomic E-state index is 11.9. The van der Waals surface area contributed by atoms with Gasteiger partial charge in [-0.05, 0) is 30.3 Å². The molecule has 2 nitrogen and oxygen atoms in total. The first-order valence-corrected chi connectivity index (χ1v) is 7.01. The molecule has 0 heterocycles. The average Bonchev–Trinajstić information content (AvgIpc) is 2.41. The largest absolute Gasteiger partial charge is 0.345 e. The highest BCUT2D eigenvalue weighted by atomic mass is 35.5. The maximum atomic E-state index is 11.9. The Hall–Kier alpha value is -1.45. The molecule has 0 aliphatic carbocycles. The molecule has 0 fully saturated rings. The predicted molar refractivity (Wildman–Crippen MR) is 80.0 cm³/mol. The molecule has 0 bridgehead atoms. The zero-order valence-electron chi connectivity index (χ0n) is 10.8. The van der Waals surface area contributed by atoms with Gasteiger partial charge in [0.2, 0.25) is 0 Å². The van der Waals surface area contributed by atoms with Crippen molar-refractivity contribution in [1.29, 1.82) is 0 Å². The zero-order chi connectivity index (χ0) is 13.8. The number of rotatable bonds is 3. The van der Waals surface area contributed by atoms with Crippen molar-refractivity contribution in [1.82, 2.24) is 4.90 Å². The molecule has 2 rings (SSSR count). The highest BCUT2D eigenvalue weighted by molar-refractivity contribution is 7.99. The summed E-state index contributed by atoms with van der Waals surface area (Å²) in [5, 5.41) is 0.719. The molecule has 0 aliphatic rings. The highest BCUT2D eigenvalue weighted by Gasteiger charge is 2.09. The van der Waals surface area contributed by atoms with Crippen LogP contribution in [0.15, 0.2) is 58.3 Å². The minimum atomic E-state index is 0.00149. The topological polar surface area (TPSA) is 20.3 Å². The summed E-state index contributed by atoms with van der Waals surface area (Å²) in [4.78, 5) is 15.5. The van der Waals surface area contributed by atoms with Crippen LogP contribution in [0.4, 0.5) is 0 Å². The summed E-state index contributed by atoms with van der Waals surface area (Å²) >= 11 is 7.69. The SMILES string of the molecule is CN(C)C(=O)c1cccc(Sc2ccccc2Cl)c1. The van der Waals surface area contributed by atoms with Gasteiger partial charge in [0.1, 0.15) is 0 Å². The van der Waals surface area contributed by atoms with Gasteiger partial charge in [0, 0.05) is 29.4 Å². The van der Waals surface area contributed by atoms with Gasteiger partial charge in [-0.25, -0.2) is 0 Å². The summed E-state index contributed by atoms with van der Waals surface area (Å²) in [5.74, 6) is 0.00149. The molecule has 0 aromatic heterocycles. The van der Waals surface area contributed by atoms with E-state index < -0.39 is 0 Å². The predicted octanol–water partition coefficient (Wildman–Crippen LogP) is 4.19. The van der Waals surface area contributed by atoms with Crippen molar-refractivity contribution < 1.29 is 4.79 Å². The standard InChI is InChI=1S/C15H14ClNOS/c1-17(2)15(18)11-6-5-7-12(10-11)19-14-9-4-3-8-13(14)16/h3-10H,1-2H3. The number of amides is 1. The van der Waals surface area contributed by atoms with Gasteiger partial charge in [-0.1, -0.05) is 41.6 Å². The van der Waals surface area contributed by atoms with Gasteiger partial charge in [0.15, 0.2) is 0 Å². The van der Waals surface area contributed by atoms with Crippen LogP contribution < -0.4 is 0 Å². The van der Waals surface area contributed by atoms with Crippen molar-refractivity contribution in [3.8, 4) is 0 Å². The lowest BCUT2D eigenvalue weighted by Gasteiger charge is -2.11. The fraction of sp³-hybridized carbons (Fsp3) is 0.133. The van der Waals surface area contributed by atoms with Crippen LogP contribution in [0, 0.1) is 0 Å². The number of benzene rings is 2. The first kappa shape index (κ1) is 14.0. The van der Waals surface area contributed by atoms with Gasteiger partial charge in [-0.2, -0.15) is 0 Å². The zero-order valence-corrected chi connectivity index (χ0v) is 12.3. The first-order valence-electron chi connectivity index (χ1n) is 5.82. The van der Waals surface area contributed by atoms with Crippen LogP contribution in [-0.4, -0.2) is 24.9 Å². The molecule has 0 spiro atoms. The number of carbonyl (C=O) groups is 1. The van der Waals surface area contributed by atoms with E-state index in [1.54, 1.807) is 30.8 Å². The van der Waals surface area contributed by atoms with Gasteiger partial charge in [-0.3, -0.25) is 4.79 Å². The van der Waals surface area contributed by atoms with E-state index in [-0.39, 0.29) is 5.91 Å². The summed E-state index contributed by atoms with van der Waals surface area (Å²) < 4.78 is 0. The molecule has 0 atom stereocenters. The quantitative estimate of drug-likeness (QED) is 0.845. The molecule has 2 aromatic carbocycles. The van der Waals surface area contributed by atoms with E-state index in [2.05, 4.69) is 0 Å². The summed E-state index contributed by atoms with van der Waals surface area (Å²) in [5.41, 5.74) is 0.682. The first-order chi connectivity index (χ1) is 9.08. The summed E-state index contributed by atoms with van der Waals surface area (Å²) in [6, 6.07) is 15.2. The molecule has 0 N–H and O–H groups in total. The van der Waals surface area contributed by atoms with E-state index in [9.17, 15) is 4.79 Å². The Morgan fingerprint density at radius 3 is 2.53 bits per heavy atom. The molecule has 0 radical (unpaired) electrons. The number of carbonyl (C=O) groups excluding carboxylic acids is 1. The smallest absolute Gasteiger partial charge is 0.253 e. The second-order valence-electron chi connectivity index (χ2n) is 4.26. The van der Waals surface area contributed by atoms with Crippen molar-refractivity contribution in [2.75, 3.05) is 14.1 Å². The monoisotopic (exact) mass is 291 g/mol. The lowest BCUT2D eigenvalue weighted by atomic mass is 10.2. The summed E-state index contributed by atoms with van der Waals surface area (Å²) in [6.07, 6.45) is 0. The van der Waals surface area contributed by atoms with E-state index in [0.717, 1.165) is 14.8 Å². The van der Waals surface area contributed by atoms with Crippen LogP contribution in [0.1, 0.15) is 10.4 Å². The second kappa shape index (κ2) is 6.13. The third-order valence-electron chi connectivity index (χ3n) is 2.55. The van der Waals surface area contributed by atoms with Crippen molar-refractivity contribution in [3.05, 3.63) is 59.1 Å². The molecule has 2 aromatic rings. The normalized spacial score (nSPS) is 10.3.